The third-order valence-electron chi connectivity index (χ3n) is 3.55. The Kier molecular flexibility index (Phi) is 2.02. The van der Waals surface area contributed by atoms with Crippen molar-refractivity contribution in [1.29, 1.82) is 0 Å². The molecule has 2 N–H and O–H groups in total. The van der Waals surface area contributed by atoms with Crippen LogP contribution in [0, 0.1) is 6.92 Å². The fourth-order valence-electron chi connectivity index (χ4n) is 2.66. The first-order chi connectivity index (χ1) is 7.29. The molecule has 1 aromatic heterocycles. The fourth-order valence-corrected chi connectivity index (χ4v) is 2.66. The van der Waals surface area contributed by atoms with Crippen LogP contribution >= 0.6 is 0 Å². The molecule has 3 nitrogen and oxygen atoms in total. The summed E-state index contributed by atoms with van der Waals surface area (Å²) >= 11 is 0. The minimum atomic E-state index is 0.524. The highest BCUT2D eigenvalue weighted by atomic mass is 14.9. The zero-order valence-electron chi connectivity index (χ0n) is 9.16. The zero-order chi connectivity index (χ0) is 10.4. The Morgan fingerprint density at radius 3 is 2.73 bits per heavy atom. The van der Waals surface area contributed by atoms with Gasteiger partial charge in [-0.3, -0.25) is 0 Å². The highest BCUT2D eigenvalue weighted by molar-refractivity contribution is 5.38. The summed E-state index contributed by atoms with van der Waals surface area (Å²) in [4.78, 5) is 9.19. The number of rotatable bonds is 2. The van der Waals surface area contributed by atoms with Crippen molar-refractivity contribution < 1.29 is 0 Å². The predicted molar refractivity (Wildman–Crippen MR) is 58.9 cm³/mol. The van der Waals surface area contributed by atoms with Gasteiger partial charge >= 0.3 is 0 Å². The first kappa shape index (κ1) is 9.28. The number of fused-ring (bicyclic) bond motifs is 1. The van der Waals surface area contributed by atoms with Crippen molar-refractivity contribution in [3.8, 4) is 0 Å². The van der Waals surface area contributed by atoms with E-state index in [0.717, 1.165) is 18.8 Å². The molecule has 2 aliphatic carbocycles. The molecule has 3 rings (SSSR count). The van der Waals surface area contributed by atoms with Crippen LogP contribution in [-0.4, -0.2) is 16.5 Å². The highest BCUT2D eigenvalue weighted by Gasteiger charge is 2.34. The maximum Gasteiger partial charge on any atom is 0.125 e. The van der Waals surface area contributed by atoms with Gasteiger partial charge in [0.15, 0.2) is 0 Å². The number of nitrogens with zero attached hydrogens (tertiary/aromatic N) is 2. The van der Waals surface area contributed by atoms with Gasteiger partial charge in [-0.1, -0.05) is 0 Å². The highest BCUT2D eigenvalue weighted by Crippen LogP contribution is 2.45. The van der Waals surface area contributed by atoms with E-state index in [0.29, 0.717) is 11.8 Å². The van der Waals surface area contributed by atoms with Crippen LogP contribution in [0.5, 0.6) is 0 Å². The van der Waals surface area contributed by atoms with Gasteiger partial charge in [0.1, 0.15) is 5.82 Å². The van der Waals surface area contributed by atoms with Gasteiger partial charge < -0.3 is 5.73 Å². The van der Waals surface area contributed by atoms with Gasteiger partial charge in [-0.05, 0) is 44.7 Å². The smallest absolute Gasteiger partial charge is 0.125 e. The molecule has 15 heavy (non-hydrogen) atoms. The molecule has 0 bridgehead atoms. The Morgan fingerprint density at radius 2 is 2.07 bits per heavy atom. The summed E-state index contributed by atoms with van der Waals surface area (Å²) in [5.41, 5.74) is 9.83. The van der Waals surface area contributed by atoms with Crippen LogP contribution in [0.4, 0.5) is 0 Å². The maximum absolute atomic E-state index is 5.82. The SMILES string of the molecule is Cc1nc2c(c(C3CC3)n1)C(CN)CC2. The molecule has 0 aromatic carbocycles. The molecule has 0 aliphatic heterocycles. The van der Waals surface area contributed by atoms with Gasteiger partial charge in [-0.2, -0.15) is 0 Å². The van der Waals surface area contributed by atoms with E-state index in [9.17, 15) is 0 Å². The van der Waals surface area contributed by atoms with Crippen LogP contribution in [0.2, 0.25) is 0 Å². The molecule has 1 heterocycles. The van der Waals surface area contributed by atoms with Crippen LogP contribution < -0.4 is 5.73 Å². The van der Waals surface area contributed by atoms with Gasteiger partial charge in [0, 0.05) is 17.5 Å². The largest absolute Gasteiger partial charge is 0.330 e. The van der Waals surface area contributed by atoms with E-state index in [1.54, 1.807) is 0 Å². The Labute approximate surface area is 90.1 Å². The van der Waals surface area contributed by atoms with Crippen LogP contribution in [0.1, 0.15) is 53.9 Å². The summed E-state index contributed by atoms with van der Waals surface area (Å²) in [6, 6.07) is 0. The van der Waals surface area contributed by atoms with Gasteiger partial charge in [0.2, 0.25) is 0 Å². The summed E-state index contributed by atoms with van der Waals surface area (Å²) in [5, 5.41) is 0. The minimum Gasteiger partial charge on any atom is -0.330 e. The van der Waals surface area contributed by atoms with Gasteiger partial charge in [0.25, 0.3) is 0 Å². The molecule has 0 spiro atoms. The summed E-state index contributed by atoms with van der Waals surface area (Å²) < 4.78 is 0. The third-order valence-corrected chi connectivity index (χ3v) is 3.55. The molecule has 1 atom stereocenters. The summed E-state index contributed by atoms with van der Waals surface area (Å²) in [6.45, 7) is 2.75. The monoisotopic (exact) mass is 203 g/mol. The zero-order valence-corrected chi connectivity index (χ0v) is 9.16. The van der Waals surface area contributed by atoms with Crippen molar-refractivity contribution in [2.75, 3.05) is 6.54 Å². The molecule has 3 heteroatoms. The van der Waals surface area contributed by atoms with Gasteiger partial charge in [0.05, 0.1) is 5.69 Å². The molecule has 2 aliphatic rings. The van der Waals surface area contributed by atoms with Crippen LogP contribution in [0.25, 0.3) is 0 Å². The number of aromatic nitrogens is 2. The quantitative estimate of drug-likeness (QED) is 0.795. The molecular weight excluding hydrogens is 186 g/mol. The second kappa shape index (κ2) is 3.27. The molecule has 80 valence electrons. The average Bonchev–Trinajstić information content (AvgIpc) is 2.98. The molecular formula is C12H17N3. The normalized spacial score (nSPS) is 24.3. The van der Waals surface area contributed by atoms with Crippen LogP contribution in [-0.2, 0) is 6.42 Å². The van der Waals surface area contributed by atoms with Gasteiger partial charge in [-0.25, -0.2) is 9.97 Å². The van der Waals surface area contributed by atoms with Crippen molar-refractivity contribution in [2.45, 2.75) is 44.4 Å². The van der Waals surface area contributed by atoms with Crippen LogP contribution in [0.15, 0.2) is 0 Å². The Bertz CT molecular complexity index is 396. The molecule has 1 aromatic rings. The summed E-state index contributed by atoms with van der Waals surface area (Å²) in [6.07, 6.45) is 4.88. The second-order valence-electron chi connectivity index (χ2n) is 4.76. The number of hydrogen-bond donors (Lipinski definition) is 1. The Balaban J connectivity index is 2.12. The molecule has 1 fully saturated rings. The van der Waals surface area contributed by atoms with Gasteiger partial charge in [-0.15, -0.1) is 0 Å². The lowest BCUT2D eigenvalue weighted by atomic mass is 9.99. The maximum atomic E-state index is 5.82. The number of hydrogen-bond acceptors (Lipinski definition) is 3. The van der Waals surface area contributed by atoms with E-state index >= 15 is 0 Å². The van der Waals surface area contributed by atoms with E-state index in [4.69, 9.17) is 5.73 Å². The molecule has 1 unspecified atom stereocenters. The van der Waals surface area contributed by atoms with Crippen molar-refractivity contribution in [3.63, 3.8) is 0 Å². The van der Waals surface area contributed by atoms with Crippen molar-refractivity contribution in [1.82, 2.24) is 9.97 Å². The Hall–Kier alpha value is -0.960. The first-order valence-corrected chi connectivity index (χ1v) is 5.87. The lowest BCUT2D eigenvalue weighted by Gasteiger charge is -2.13. The second-order valence-corrected chi connectivity index (χ2v) is 4.76. The predicted octanol–water partition coefficient (Wildman–Crippen LogP) is 1.65. The molecule has 0 amide bonds. The minimum absolute atomic E-state index is 0.524. The van der Waals surface area contributed by atoms with E-state index in [1.807, 2.05) is 6.92 Å². The van der Waals surface area contributed by atoms with E-state index < -0.39 is 0 Å². The Morgan fingerprint density at radius 1 is 1.27 bits per heavy atom. The lowest BCUT2D eigenvalue weighted by molar-refractivity contribution is 0.679. The van der Waals surface area contributed by atoms with Crippen molar-refractivity contribution in [3.05, 3.63) is 22.8 Å². The van der Waals surface area contributed by atoms with Crippen LogP contribution in [0.3, 0.4) is 0 Å². The summed E-state index contributed by atoms with van der Waals surface area (Å²) in [7, 11) is 0. The fraction of sp³-hybridized carbons (Fsp3) is 0.667. The standard InChI is InChI=1S/C12H17N3/c1-7-14-10-5-4-9(6-13)11(10)12(15-7)8-2-3-8/h8-9H,2-6,13H2,1H3. The third kappa shape index (κ3) is 1.46. The molecule has 0 radical (unpaired) electrons. The number of aryl methyl sites for hydroxylation is 2. The van der Waals surface area contributed by atoms with E-state index in [2.05, 4.69) is 9.97 Å². The molecule has 1 saturated carbocycles. The first-order valence-electron chi connectivity index (χ1n) is 5.87. The van der Waals surface area contributed by atoms with Crippen molar-refractivity contribution in [2.24, 2.45) is 5.73 Å². The van der Waals surface area contributed by atoms with Crippen molar-refractivity contribution >= 4 is 0 Å². The van der Waals surface area contributed by atoms with E-state index in [-0.39, 0.29) is 0 Å². The number of nitrogens with two attached hydrogens (primary N) is 1. The lowest BCUT2D eigenvalue weighted by Crippen LogP contribution is -2.13. The van der Waals surface area contributed by atoms with E-state index in [1.165, 1.54) is 36.2 Å². The average molecular weight is 203 g/mol. The summed E-state index contributed by atoms with van der Waals surface area (Å²) in [5.74, 6) is 2.18. The topological polar surface area (TPSA) is 51.8 Å². The molecule has 0 saturated heterocycles.